The Morgan fingerprint density at radius 1 is 1.21 bits per heavy atom. The van der Waals surface area contributed by atoms with Gasteiger partial charge in [-0.2, -0.15) is 5.26 Å². The molecule has 0 aromatic heterocycles. The molecule has 0 unspecified atom stereocenters. The summed E-state index contributed by atoms with van der Waals surface area (Å²) in [7, 11) is -0.594. The van der Waals surface area contributed by atoms with E-state index in [1.165, 1.54) is 30.1 Å². The van der Waals surface area contributed by atoms with Crippen LogP contribution in [-0.2, 0) is 0 Å². The second-order valence-corrected chi connectivity index (χ2v) is 7.44. The number of nitrogens with zero attached hydrogens (tertiary/aromatic N) is 1. The molecule has 0 aromatic carbocycles. The van der Waals surface area contributed by atoms with E-state index in [-0.39, 0.29) is 0 Å². The number of hydrogen-bond donors (Lipinski definition) is 0. The van der Waals surface area contributed by atoms with Gasteiger partial charge in [-0.1, -0.05) is 25.8 Å². The van der Waals surface area contributed by atoms with E-state index in [4.69, 9.17) is 5.26 Å². The maximum atomic E-state index is 8.53. The van der Waals surface area contributed by atoms with E-state index in [1.54, 1.807) is 0 Å². The Hall–Kier alpha value is -0.420. The van der Waals surface area contributed by atoms with E-state index in [0.29, 0.717) is 6.42 Å². The summed E-state index contributed by atoms with van der Waals surface area (Å²) in [5, 5.41) is 10.7. The van der Waals surface area contributed by atoms with Gasteiger partial charge in [0.05, 0.1) is 6.07 Å². The van der Waals surface area contributed by atoms with Gasteiger partial charge in [0, 0.05) is 6.42 Å². The number of nitriles is 1. The molecule has 2 heteroatoms. The second kappa shape index (κ2) is 7.94. The summed E-state index contributed by atoms with van der Waals surface area (Å²) < 4.78 is 0. The molecule has 0 amide bonds. The lowest BCUT2D eigenvalue weighted by molar-refractivity contribution is 0.959. The zero-order valence-corrected chi connectivity index (χ0v) is 10.4. The van der Waals surface area contributed by atoms with Crippen LogP contribution in [0.25, 0.3) is 0 Å². The van der Waals surface area contributed by atoms with Crippen molar-refractivity contribution in [2.75, 3.05) is 17.3 Å². The topological polar surface area (TPSA) is 23.8 Å². The fourth-order valence-corrected chi connectivity index (χ4v) is 5.27. The van der Waals surface area contributed by atoms with E-state index in [2.05, 4.69) is 31.9 Å². The summed E-state index contributed by atoms with van der Waals surface area (Å²) in [5.41, 5.74) is 0. The molecule has 0 N–H and O–H groups in total. The van der Waals surface area contributed by atoms with Gasteiger partial charge >= 0.3 is 0 Å². The zero-order chi connectivity index (χ0) is 10.9. The highest BCUT2D eigenvalue weighted by atomic mass is 32.3. The zero-order valence-electron chi connectivity index (χ0n) is 9.59. The predicted octanol–water partition coefficient (Wildman–Crippen LogP) is 4.06. The van der Waals surface area contributed by atoms with Crippen LogP contribution >= 0.6 is 10.0 Å². The van der Waals surface area contributed by atoms with Gasteiger partial charge < -0.3 is 0 Å². The van der Waals surface area contributed by atoms with E-state index < -0.39 is 10.0 Å². The highest BCUT2D eigenvalue weighted by Gasteiger charge is 2.17. The Balaban J connectivity index is 4.18. The van der Waals surface area contributed by atoms with Crippen molar-refractivity contribution in [1.29, 1.82) is 5.26 Å². The number of hydrogen-bond acceptors (Lipinski definition) is 1. The lowest BCUT2D eigenvalue weighted by Crippen LogP contribution is -2.10. The van der Waals surface area contributed by atoms with Gasteiger partial charge in [-0.15, -0.1) is 0 Å². The normalized spacial score (nSPS) is 12.1. The van der Waals surface area contributed by atoms with E-state index in [1.807, 2.05) is 0 Å². The van der Waals surface area contributed by atoms with Crippen LogP contribution in [0.15, 0.2) is 12.0 Å². The van der Waals surface area contributed by atoms with Crippen LogP contribution in [0.5, 0.6) is 0 Å². The summed E-state index contributed by atoms with van der Waals surface area (Å²) in [6.45, 7) is 8.49. The van der Waals surface area contributed by atoms with Crippen LogP contribution in [-0.4, -0.2) is 17.3 Å². The molecular formula is C12H23NS. The molecule has 0 fully saturated rings. The first-order valence-electron chi connectivity index (χ1n) is 5.50. The molecule has 0 heterocycles. The first-order chi connectivity index (χ1) is 6.74. The molecule has 0 aromatic rings. The van der Waals surface area contributed by atoms with Gasteiger partial charge in [-0.25, -0.2) is 10.0 Å². The van der Waals surface area contributed by atoms with E-state index >= 15 is 0 Å². The van der Waals surface area contributed by atoms with Crippen LogP contribution in [0.3, 0.4) is 0 Å². The highest BCUT2D eigenvalue weighted by Crippen LogP contribution is 2.50. The SMILES string of the molecule is C=CS(CCC)(CCC)CCCC#N. The average molecular weight is 213 g/mol. The molecule has 14 heavy (non-hydrogen) atoms. The second-order valence-electron chi connectivity index (χ2n) is 3.65. The third-order valence-corrected chi connectivity index (χ3v) is 6.67. The lowest BCUT2D eigenvalue weighted by Gasteiger charge is -2.36. The van der Waals surface area contributed by atoms with Crippen molar-refractivity contribution < 1.29 is 0 Å². The summed E-state index contributed by atoms with van der Waals surface area (Å²) in [6.07, 6.45) is 4.25. The minimum Gasteiger partial charge on any atom is -0.222 e. The monoisotopic (exact) mass is 213 g/mol. The van der Waals surface area contributed by atoms with Crippen molar-refractivity contribution in [3.05, 3.63) is 12.0 Å². The Kier molecular flexibility index (Phi) is 7.70. The van der Waals surface area contributed by atoms with E-state index in [9.17, 15) is 0 Å². The van der Waals surface area contributed by atoms with Crippen LogP contribution < -0.4 is 0 Å². The molecule has 0 aliphatic carbocycles. The summed E-state index contributed by atoms with van der Waals surface area (Å²) in [5.74, 6) is 3.82. The smallest absolute Gasteiger partial charge is 0.0622 e. The molecule has 0 saturated heterocycles. The van der Waals surface area contributed by atoms with Gasteiger partial charge in [0.1, 0.15) is 0 Å². The highest BCUT2D eigenvalue weighted by molar-refractivity contribution is 8.36. The molecule has 0 spiro atoms. The maximum Gasteiger partial charge on any atom is 0.0622 e. The van der Waals surface area contributed by atoms with Gasteiger partial charge in [0.2, 0.25) is 0 Å². The molecule has 0 aliphatic rings. The molecule has 0 saturated carbocycles. The molecule has 0 atom stereocenters. The molecule has 0 radical (unpaired) electrons. The molecule has 1 nitrogen and oxygen atoms in total. The van der Waals surface area contributed by atoms with Gasteiger partial charge in [0.15, 0.2) is 0 Å². The first-order valence-corrected chi connectivity index (χ1v) is 7.70. The minimum atomic E-state index is -0.594. The first kappa shape index (κ1) is 13.6. The van der Waals surface area contributed by atoms with E-state index in [0.717, 1.165) is 6.42 Å². The average Bonchev–Trinajstić information content (AvgIpc) is 2.19. The summed E-state index contributed by atoms with van der Waals surface area (Å²) in [6, 6.07) is 2.23. The quantitative estimate of drug-likeness (QED) is 0.558. The Morgan fingerprint density at radius 2 is 1.79 bits per heavy atom. The molecule has 82 valence electrons. The molecule has 0 rings (SSSR count). The van der Waals surface area contributed by atoms with Crippen LogP contribution in [0.1, 0.15) is 39.5 Å². The predicted molar refractivity (Wildman–Crippen MR) is 67.8 cm³/mol. The number of unbranched alkanes of at least 4 members (excludes halogenated alkanes) is 1. The van der Waals surface area contributed by atoms with Crippen molar-refractivity contribution in [3.8, 4) is 6.07 Å². The lowest BCUT2D eigenvalue weighted by atomic mass is 10.4. The van der Waals surface area contributed by atoms with Crippen molar-refractivity contribution in [1.82, 2.24) is 0 Å². The van der Waals surface area contributed by atoms with Crippen molar-refractivity contribution in [2.24, 2.45) is 0 Å². The maximum absolute atomic E-state index is 8.53. The largest absolute Gasteiger partial charge is 0.222 e. The summed E-state index contributed by atoms with van der Waals surface area (Å²) in [4.78, 5) is 0. The van der Waals surface area contributed by atoms with Crippen molar-refractivity contribution in [2.45, 2.75) is 39.5 Å². The van der Waals surface area contributed by atoms with Crippen LogP contribution in [0.2, 0.25) is 0 Å². The van der Waals surface area contributed by atoms with Gasteiger partial charge in [0.25, 0.3) is 0 Å². The Bertz CT molecular complexity index is 187. The summed E-state index contributed by atoms with van der Waals surface area (Å²) >= 11 is 0. The third-order valence-electron chi connectivity index (χ3n) is 2.41. The fraction of sp³-hybridized carbons (Fsp3) is 0.750. The number of rotatable bonds is 8. The Labute approximate surface area is 90.5 Å². The molecule has 0 aliphatic heterocycles. The van der Waals surface area contributed by atoms with Gasteiger partial charge in [-0.3, -0.25) is 0 Å². The fourth-order valence-electron chi connectivity index (χ4n) is 1.81. The molecule has 0 bridgehead atoms. The third kappa shape index (κ3) is 4.72. The van der Waals surface area contributed by atoms with Gasteiger partial charge in [-0.05, 0) is 36.5 Å². The Morgan fingerprint density at radius 3 is 2.14 bits per heavy atom. The molecular weight excluding hydrogens is 190 g/mol. The van der Waals surface area contributed by atoms with Crippen molar-refractivity contribution in [3.63, 3.8) is 0 Å². The minimum absolute atomic E-state index is 0.594. The van der Waals surface area contributed by atoms with Crippen LogP contribution in [0.4, 0.5) is 0 Å². The van der Waals surface area contributed by atoms with Crippen LogP contribution in [0, 0.1) is 11.3 Å². The standard InChI is InChI=1S/C12H23NS/c1-4-10-14(6-3,11-5-2)12-8-7-9-13/h6H,3-5,7-8,10-12H2,1-2H3. The van der Waals surface area contributed by atoms with Crippen molar-refractivity contribution >= 4 is 10.0 Å².